The van der Waals surface area contributed by atoms with Crippen molar-refractivity contribution in [3.8, 4) is 11.1 Å². The molecule has 0 fully saturated rings. The minimum Gasteiger partial charge on any atom is -0.397 e. The van der Waals surface area contributed by atoms with E-state index >= 15 is 0 Å². The second kappa shape index (κ2) is 9.40. The third kappa shape index (κ3) is 4.19. The van der Waals surface area contributed by atoms with E-state index in [4.69, 9.17) is 10.7 Å². The van der Waals surface area contributed by atoms with E-state index in [-0.39, 0.29) is 0 Å². The van der Waals surface area contributed by atoms with E-state index in [1.807, 2.05) is 54.7 Å². The highest BCUT2D eigenvalue weighted by Crippen LogP contribution is 2.30. The van der Waals surface area contributed by atoms with Gasteiger partial charge >= 0.3 is 0 Å². The number of anilines is 1. The quantitative estimate of drug-likeness (QED) is 0.201. The van der Waals surface area contributed by atoms with Crippen LogP contribution in [0.2, 0.25) is 0 Å². The van der Waals surface area contributed by atoms with Gasteiger partial charge in [-0.3, -0.25) is 4.98 Å². The molecule has 0 unspecified atom stereocenters. The van der Waals surface area contributed by atoms with Crippen LogP contribution in [-0.4, -0.2) is 4.98 Å². The molecule has 6 rings (SSSR count). The zero-order valence-corrected chi connectivity index (χ0v) is 19.7. The fourth-order valence-corrected chi connectivity index (χ4v) is 4.58. The molecule has 3 N–H and O–H groups in total. The average molecular weight is 464 g/mol. The van der Waals surface area contributed by atoms with Crippen molar-refractivity contribution in [3.05, 3.63) is 145 Å². The normalized spacial score (nSPS) is 11.9. The van der Waals surface area contributed by atoms with Crippen molar-refractivity contribution in [2.45, 2.75) is 0 Å². The van der Waals surface area contributed by atoms with Gasteiger partial charge < -0.3 is 11.1 Å². The van der Waals surface area contributed by atoms with E-state index in [1.54, 1.807) is 0 Å². The Morgan fingerprint density at radius 1 is 0.583 bits per heavy atom. The molecule has 1 heterocycles. The van der Waals surface area contributed by atoms with Crippen molar-refractivity contribution in [3.63, 3.8) is 0 Å². The minimum absolute atomic E-state index is 0.705. The second-order valence-corrected chi connectivity index (χ2v) is 8.81. The number of hydrogen-bond acceptors (Lipinski definition) is 3. The summed E-state index contributed by atoms with van der Waals surface area (Å²) >= 11 is 0. The van der Waals surface area contributed by atoms with Crippen LogP contribution in [0, 0.1) is 0 Å². The average Bonchev–Trinajstić information content (AvgIpc) is 2.96. The van der Waals surface area contributed by atoms with Gasteiger partial charge in [0.25, 0.3) is 0 Å². The Morgan fingerprint density at radius 3 is 1.97 bits per heavy atom. The molecule has 0 aliphatic carbocycles. The van der Waals surface area contributed by atoms with Crippen LogP contribution >= 0.6 is 0 Å². The van der Waals surface area contributed by atoms with Crippen LogP contribution in [0.1, 0.15) is 11.1 Å². The number of hydrogen-bond donors (Lipinski definition) is 2. The van der Waals surface area contributed by atoms with E-state index in [0.29, 0.717) is 5.70 Å². The summed E-state index contributed by atoms with van der Waals surface area (Å²) in [4.78, 5) is 4.81. The molecule has 0 spiro atoms. The summed E-state index contributed by atoms with van der Waals surface area (Å²) in [6, 6.07) is 43.5. The summed E-state index contributed by atoms with van der Waals surface area (Å²) in [5.74, 6) is 0. The smallest absolute Gasteiger partial charge is 0.0780 e. The number of nitrogens with one attached hydrogen (secondary N) is 1. The van der Waals surface area contributed by atoms with Crippen LogP contribution in [-0.2, 0) is 0 Å². The maximum absolute atomic E-state index is 6.64. The molecular weight excluding hydrogens is 438 g/mol. The summed E-state index contributed by atoms with van der Waals surface area (Å²) < 4.78 is 0. The fourth-order valence-electron chi connectivity index (χ4n) is 4.58. The zero-order chi connectivity index (χ0) is 24.3. The van der Waals surface area contributed by atoms with E-state index in [9.17, 15) is 0 Å². The highest BCUT2D eigenvalue weighted by Gasteiger charge is 2.10. The van der Waals surface area contributed by atoms with Gasteiger partial charge in [-0.05, 0) is 34.7 Å². The predicted molar refractivity (Wildman–Crippen MR) is 152 cm³/mol. The lowest BCUT2D eigenvalue weighted by atomic mass is 10.0. The molecule has 0 saturated heterocycles. The van der Waals surface area contributed by atoms with E-state index < -0.39 is 0 Å². The van der Waals surface area contributed by atoms with Crippen molar-refractivity contribution in [1.82, 2.24) is 4.98 Å². The Labute approximate surface area is 210 Å². The minimum atomic E-state index is 0.705. The van der Waals surface area contributed by atoms with Crippen LogP contribution in [0.3, 0.4) is 0 Å². The number of nitrogens with two attached hydrogens (primary N) is 1. The summed E-state index contributed by atoms with van der Waals surface area (Å²) in [6.45, 7) is 0. The highest BCUT2D eigenvalue weighted by atomic mass is 14.9. The standard InChI is InChI=1S/C33H25N3/c34-31(25-10-3-1-4-11-25)33(26-12-5-2-6-13-26)36-29-19-17-23(18-20-29)28-21-27-16-15-24-9-7-8-14-30(24)32(27)35-22-28/h1-22,36H,34H2/b33-31-. The predicted octanol–water partition coefficient (Wildman–Crippen LogP) is 7.95. The molecule has 0 amide bonds. The summed E-state index contributed by atoms with van der Waals surface area (Å²) in [7, 11) is 0. The first kappa shape index (κ1) is 21.6. The largest absolute Gasteiger partial charge is 0.397 e. The molecule has 0 aliphatic heterocycles. The van der Waals surface area contributed by atoms with Crippen molar-refractivity contribution in [2.75, 3.05) is 5.32 Å². The van der Waals surface area contributed by atoms with Gasteiger partial charge in [-0.2, -0.15) is 0 Å². The molecule has 0 aliphatic rings. The molecule has 0 atom stereocenters. The Balaban J connectivity index is 1.33. The van der Waals surface area contributed by atoms with Crippen molar-refractivity contribution < 1.29 is 0 Å². The molecule has 3 nitrogen and oxygen atoms in total. The first-order valence-electron chi connectivity index (χ1n) is 12.0. The number of benzene rings is 5. The monoisotopic (exact) mass is 463 g/mol. The molecule has 0 saturated carbocycles. The van der Waals surface area contributed by atoms with Crippen molar-refractivity contribution in [1.29, 1.82) is 0 Å². The van der Waals surface area contributed by atoms with Gasteiger partial charge in [-0.25, -0.2) is 0 Å². The van der Waals surface area contributed by atoms with Crippen LogP contribution in [0.5, 0.6) is 0 Å². The lowest BCUT2D eigenvalue weighted by Gasteiger charge is -2.16. The van der Waals surface area contributed by atoms with Crippen LogP contribution in [0.15, 0.2) is 134 Å². The fraction of sp³-hybridized carbons (Fsp3) is 0. The Kier molecular flexibility index (Phi) is 5.65. The topological polar surface area (TPSA) is 50.9 Å². The number of nitrogens with zero attached hydrogens (tertiary/aromatic N) is 1. The third-order valence-electron chi connectivity index (χ3n) is 6.48. The first-order chi connectivity index (χ1) is 17.8. The number of aromatic nitrogens is 1. The molecular formula is C33H25N3. The van der Waals surface area contributed by atoms with Gasteiger partial charge in [0.05, 0.1) is 16.9 Å². The van der Waals surface area contributed by atoms with Gasteiger partial charge in [-0.15, -0.1) is 0 Å². The summed E-state index contributed by atoms with van der Waals surface area (Å²) in [5, 5.41) is 7.08. The Morgan fingerprint density at radius 2 is 1.22 bits per heavy atom. The van der Waals surface area contributed by atoms with Gasteiger partial charge in [-0.1, -0.05) is 109 Å². The van der Waals surface area contributed by atoms with E-state index in [1.165, 1.54) is 10.8 Å². The maximum atomic E-state index is 6.64. The molecule has 36 heavy (non-hydrogen) atoms. The van der Waals surface area contributed by atoms with Gasteiger partial charge in [0, 0.05) is 33.8 Å². The number of fused-ring (bicyclic) bond motifs is 3. The van der Waals surface area contributed by atoms with Crippen LogP contribution < -0.4 is 11.1 Å². The molecule has 1 aromatic heterocycles. The molecule has 5 aromatic carbocycles. The third-order valence-corrected chi connectivity index (χ3v) is 6.48. The van der Waals surface area contributed by atoms with E-state index in [2.05, 4.69) is 84.2 Å². The van der Waals surface area contributed by atoms with Crippen LogP contribution in [0.25, 0.3) is 44.2 Å². The van der Waals surface area contributed by atoms with Crippen molar-refractivity contribution >= 4 is 38.8 Å². The Bertz CT molecular complexity index is 1690. The van der Waals surface area contributed by atoms with Gasteiger partial charge in [0.2, 0.25) is 0 Å². The molecule has 6 aromatic rings. The lowest BCUT2D eigenvalue weighted by Crippen LogP contribution is -2.08. The van der Waals surface area contributed by atoms with E-state index in [0.717, 1.165) is 44.5 Å². The highest BCUT2D eigenvalue weighted by molar-refractivity contribution is 6.05. The SMILES string of the molecule is N/C(=C(\Nc1ccc(-c2cnc3c(ccc4ccccc43)c2)cc1)c1ccccc1)c1ccccc1. The lowest BCUT2D eigenvalue weighted by molar-refractivity contribution is 1.42. The Hall–Kier alpha value is -4.89. The maximum Gasteiger partial charge on any atom is 0.0780 e. The van der Waals surface area contributed by atoms with Gasteiger partial charge in [0.1, 0.15) is 0 Å². The first-order valence-corrected chi connectivity index (χ1v) is 12.0. The van der Waals surface area contributed by atoms with Gasteiger partial charge in [0.15, 0.2) is 0 Å². The molecule has 0 radical (unpaired) electrons. The molecule has 0 bridgehead atoms. The number of rotatable bonds is 5. The molecule has 172 valence electrons. The molecule has 3 heteroatoms. The zero-order valence-electron chi connectivity index (χ0n) is 19.7. The summed E-state index contributed by atoms with van der Waals surface area (Å²) in [5.41, 5.74) is 14.5. The van der Waals surface area contributed by atoms with Crippen molar-refractivity contribution in [2.24, 2.45) is 5.73 Å². The van der Waals surface area contributed by atoms with Crippen LogP contribution in [0.4, 0.5) is 5.69 Å². The number of pyridine rings is 1. The second-order valence-electron chi connectivity index (χ2n) is 8.81. The summed E-state index contributed by atoms with van der Waals surface area (Å²) in [6.07, 6.45) is 1.96.